The van der Waals surface area contributed by atoms with E-state index in [0.717, 1.165) is 19.3 Å². The first-order valence-corrected chi connectivity index (χ1v) is 12.3. The molecule has 3 aliphatic rings. The van der Waals surface area contributed by atoms with Gasteiger partial charge in [-0.25, -0.2) is 0 Å². The van der Waals surface area contributed by atoms with Crippen LogP contribution in [-0.2, 0) is 4.79 Å². The zero-order valence-electron chi connectivity index (χ0n) is 20.1. The Morgan fingerprint density at radius 2 is 1.87 bits per heavy atom. The Balaban J connectivity index is 1.94. The molecule has 178 valence electrons. The molecule has 0 saturated heterocycles. The molecule has 0 aromatic carbocycles. The average molecular weight is 437 g/mol. The zero-order chi connectivity index (χ0) is 23.2. The predicted molar refractivity (Wildman–Crippen MR) is 121 cm³/mol. The van der Waals surface area contributed by atoms with Crippen molar-refractivity contribution in [1.82, 2.24) is 0 Å². The van der Waals surface area contributed by atoms with Gasteiger partial charge in [0.1, 0.15) is 0 Å². The number of carbonyl (C=O) groups is 1. The van der Waals surface area contributed by atoms with Crippen molar-refractivity contribution in [2.24, 2.45) is 34.5 Å². The van der Waals surface area contributed by atoms with Crippen LogP contribution in [0.25, 0.3) is 0 Å². The number of rotatable bonds is 7. The molecule has 31 heavy (non-hydrogen) atoms. The first-order chi connectivity index (χ1) is 14.4. The molecule has 0 heterocycles. The summed E-state index contributed by atoms with van der Waals surface area (Å²) in [7, 11) is 0. The van der Waals surface area contributed by atoms with Crippen molar-refractivity contribution < 1.29 is 25.2 Å². The van der Waals surface area contributed by atoms with Crippen molar-refractivity contribution in [1.29, 1.82) is 0 Å². The van der Waals surface area contributed by atoms with E-state index in [0.29, 0.717) is 43.6 Å². The highest BCUT2D eigenvalue weighted by atomic mass is 16.3. The molecule has 2 saturated carbocycles. The van der Waals surface area contributed by atoms with E-state index in [1.165, 1.54) is 0 Å². The van der Waals surface area contributed by atoms with E-state index in [1.54, 1.807) is 6.08 Å². The largest absolute Gasteiger partial charge is 0.396 e. The highest BCUT2D eigenvalue weighted by Gasteiger charge is 2.58. The fourth-order valence-electron chi connectivity index (χ4n) is 7.21. The number of aliphatic hydroxyl groups is 4. The van der Waals surface area contributed by atoms with Gasteiger partial charge in [0.05, 0.1) is 17.8 Å². The molecule has 0 bridgehead atoms. The van der Waals surface area contributed by atoms with Crippen LogP contribution < -0.4 is 0 Å². The van der Waals surface area contributed by atoms with Crippen LogP contribution in [0.1, 0.15) is 86.0 Å². The summed E-state index contributed by atoms with van der Waals surface area (Å²) in [6.45, 7) is 10.3. The average Bonchev–Trinajstić information content (AvgIpc) is 3.02. The maximum Gasteiger partial charge on any atom is 0.165 e. The lowest BCUT2D eigenvalue weighted by molar-refractivity contribution is -0.139. The lowest BCUT2D eigenvalue weighted by atomic mass is 9.55. The minimum Gasteiger partial charge on any atom is -0.396 e. The number of Topliss-reactive ketones (excluding diaryl/α,β-unsaturated/α-hetero) is 1. The summed E-state index contributed by atoms with van der Waals surface area (Å²) in [6.07, 6.45) is 5.94. The second-order valence-electron chi connectivity index (χ2n) is 11.8. The van der Waals surface area contributed by atoms with Gasteiger partial charge in [-0.2, -0.15) is 0 Å². The molecule has 4 N–H and O–H groups in total. The maximum absolute atomic E-state index is 13.8. The van der Waals surface area contributed by atoms with Gasteiger partial charge < -0.3 is 20.4 Å². The number of hydrogen-bond donors (Lipinski definition) is 4. The van der Waals surface area contributed by atoms with E-state index >= 15 is 0 Å². The van der Waals surface area contributed by atoms with Crippen LogP contribution in [0.3, 0.4) is 0 Å². The Morgan fingerprint density at radius 3 is 2.48 bits per heavy atom. The van der Waals surface area contributed by atoms with Crippen molar-refractivity contribution in [2.75, 3.05) is 6.61 Å². The highest BCUT2D eigenvalue weighted by Crippen LogP contribution is 2.60. The fraction of sp³-hybridized carbons (Fsp3) is 0.885. The molecule has 0 aromatic rings. The van der Waals surface area contributed by atoms with Crippen molar-refractivity contribution in [2.45, 2.75) is 104 Å². The van der Waals surface area contributed by atoms with E-state index in [2.05, 4.69) is 20.8 Å². The minimum atomic E-state index is -0.860. The van der Waals surface area contributed by atoms with E-state index in [9.17, 15) is 25.2 Å². The lowest BCUT2D eigenvalue weighted by Gasteiger charge is -2.50. The molecule has 8 atom stereocenters. The van der Waals surface area contributed by atoms with Crippen LogP contribution in [-0.4, -0.2) is 50.6 Å². The summed E-state index contributed by atoms with van der Waals surface area (Å²) in [6, 6.07) is 0. The summed E-state index contributed by atoms with van der Waals surface area (Å²) in [5.41, 5.74) is -1.23. The third-order valence-corrected chi connectivity index (χ3v) is 9.23. The molecule has 0 spiro atoms. The Kier molecular flexibility index (Phi) is 7.13. The Morgan fingerprint density at radius 1 is 1.19 bits per heavy atom. The van der Waals surface area contributed by atoms with Crippen LogP contribution in [0.5, 0.6) is 0 Å². The molecule has 0 aliphatic heterocycles. The van der Waals surface area contributed by atoms with Crippen molar-refractivity contribution in [3.8, 4) is 0 Å². The molecular formula is C26H44O5. The topological polar surface area (TPSA) is 98.0 Å². The molecule has 2 fully saturated rings. The summed E-state index contributed by atoms with van der Waals surface area (Å²) in [5.74, 6) is 0.265. The molecule has 0 aromatic heterocycles. The van der Waals surface area contributed by atoms with Gasteiger partial charge in [0.15, 0.2) is 5.78 Å². The molecule has 5 heteroatoms. The maximum atomic E-state index is 13.8. The number of ketones is 1. The Hall–Kier alpha value is -0.750. The molecule has 5 nitrogen and oxygen atoms in total. The van der Waals surface area contributed by atoms with Gasteiger partial charge in [-0.1, -0.05) is 27.7 Å². The number of fused-ring (bicyclic) bond motifs is 1. The van der Waals surface area contributed by atoms with Crippen LogP contribution in [0, 0.1) is 34.5 Å². The molecule has 0 amide bonds. The van der Waals surface area contributed by atoms with Gasteiger partial charge in [0.2, 0.25) is 0 Å². The van der Waals surface area contributed by atoms with Gasteiger partial charge in [0.25, 0.3) is 0 Å². The Labute approximate surface area is 187 Å². The Bertz CT molecular complexity index is 698. The van der Waals surface area contributed by atoms with Crippen molar-refractivity contribution >= 4 is 5.78 Å². The molecule has 8 unspecified atom stereocenters. The van der Waals surface area contributed by atoms with Crippen LogP contribution in [0.2, 0.25) is 0 Å². The summed E-state index contributed by atoms with van der Waals surface area (Å²) >= 11 is 0. The number of hydrogen-bond acceptors (Lipinski definition) is 5. The first-order valence-electron chi connectivity index (χ1n) is 12.3. The monoisotopic (exact) mass is 436 g/mol. The normalized spacial score (nSPS) is 43.0. The van der Waals surface area contributed by atoms with Gasteiger partial charge >= 0.3 is 0 Å². The van der Waals surface area contributed by atoms with Gasteiger partial charge in [-0.05, 0) is 93.1 Å². The third-order valence-electron chi connectivity index (χ3n) is 9.23. The predicted octanol–water partition coefficient (Wildman–Crippen LogP) is 3.63. The number of allylic oxidation sites excluding steroid dienone is 1. The summed E-state index contributed by atoms with van der Waals surface area (Å²) < 4.78 is 0. The molecule has 3 rings (SSSR count). The van der Waals surface area contributed by atoms with Crippen molar-refractivity contribution in [3.05, 3.63) is 11.6 Å². The molecule has 0 radical (unpaired) electrons. The van der Waals surface area contributed by atoms with Crippen LogP contribution >= 0.6 is 0 Å². The zero-order valence-corrected chi connectivity index (χ0v) is 20.1. The van der Waals surface area contributed by atoms with Crippen molar-refractivity contribution in [3.63, 3.8) is 0 Å². The van der Waals surface area contributed by atoms with Gasteiger partial charge in [-0.3, -0.25) is 4.79 Å². The second-order valence-corrected chi connectivity index (χ2v) is 11.8. The highest BCUT2D eigenvalue weighted by molar-refractivity contribution is 6.01. The summed E-state index contributed by atoms with van der Waals surface area (Å²) in [4.78, 5) is 13.8. The van der Waals surface area contributed by atoms with E-state index in [1.807, 2.05) is 13.8 Å². The first kappa shape index (κ1) is 24.9. The second kappa shape index (κ2) is 8.89. The lowest BCUT2D eigenvalue weighted by Crippen LogP contribution is -2.52. The fourth-order valence-corrected chi connectivity index (χ4v) is 7.21. The van der Waals surface area contributed by atoms with Crippen LogP contribution in [0.4, 0.5) is 0 Å². The van der Waals surface area contributed by atoms with Gasteiger partial charge in [-0.15, -0.1) is 0 Å². The smallest absolute Gasteiger partial charge is 0.165 e. The number of carbonyl (C=O) groups excluding carboxylic acids is 1. The number of aliphatic hydroxyl groups excluding tert-OH is 3. The minimum absolute atomic E-state index is 0.0135. The molecular weight excluding hydrogens is 392 g/mol. The SMILES string of the molecule is CC(C)CCC(C)(O)C1CCC(C2=CC(O)C3CC(O)CCC3(C)C2=O)C1(C)CCO. The third kappa shape index (κ3) is 4.40. The summed E-state index contributed by atoms with van der Waals surface area (Å²) in [5, 5.41) is 42.5. The molecule has 3 aliphatic carbocycles. The van der Waals surface area contributed by atoms with Gasteiger partial charge in [0, 0.05) is 17.9 Å². The quantitative estimate of drug-likeness (QED) is 0.489. The van der Waals surface area contributed by atoms with E-state index in [4.69, 9.17) is 0 Å². The standard InChI is InChI=1S/C26H44O5/c1-16(2)8-11-26(5,31)22-7-6-19(24(22,3)12-13-27)18-15-21(29)20-14-17(28)9-10-25(20,4)23(18)30/h15-17,19-22,27-29,31H,6-14H2,1-5H3. The van der Waals surface area contributed by atoms with Crippen LogP contribution in [0.15, 0.2) is 11.6 Å². The van der Waals surface area contributed by atoms with E-state index in [-0.39, 0.29) is 30.1 Å². The van der Waals surface area contributed by atoms with E-state index < -0.39 is 28.6 Å².